The Morgan fingerprint density at radius 3 is 2.57 bits per heavy atom. The van der Waals surface area contributed by atoms with Gasteiger partial charge in [-0.3, -0.25) is 5.10 Å². The van der Waals surface area contributed by atoms with E-state index in [1.165, 1.54) is 0 Å². The molecule has 1 heterocycles. The summed E-state index contributed by atoms with van der Waals surface area (Å²) in [5.74, 6) is -0.855. The fraction of sp³-hybridized carbons (Fsp3) is 0. The van der Waals surface area contributed by atoms with Gasteiger partial charge < -0.3 is 5.73 Å². The summed E-state index contributed by atoms with van der Waals surface area (Å²) in [5.41, 5.74) is 7.61. The number of hydrogen-bond donors (Lipinski definition) is 2. The zero-order chi connectivity index (χ0) is 15.0. The Bertz CT molecular complexity index is 814. The highest BCUT2D eigenvalue weighted by molar-refractivity contribution is 9.10. The van der Waals surface area contributed by atoms with Gasteiger partial charge in [-0.25, -0.2) is 8.78 Å². The minimum Gasteiger partial charge on any atom is -0.382 e. The van der Waals surface area contributed by atoms with Crippen LogP contribution in [0, 0.1) is 11.6 Å². The summed E-state index contributed by atoms with van der Waals surface area (Å²) >= 11 is 3.43. The Morgan fingerprint density at radius 1 is 1.05 bits per heavy atom. The molecule has 0 saturated heterocycles. The molecule has 21 heavy (non-hydrogen) atoms. The molecule has 3 rings (SSSR count). The Morgan fingerprint density at radius 2 is 1.81 bits per heavy atom. The maximum atomic E-state index is 14.0. The Kier molecular flexibility index (Phi) is 3.47. The monoisotopic (exact) mass is 349 g/mol. The van der Waals surface area contributed by atoms with Gasteiger partial charge in [0.2, 0.25) is 0 Å². The van der Waals surface area contributed by atoms with Crippen LogP contribution in [0.4, 0.5) is 14.6 Å². The molecule has 1 aromatic heterocycles. The van der Waals surface area contributed by atoms with Gasteiger partial charge in [-0.2, -0.15) is 5.10 Å². The second kappa shape index (κ2) is 5.29. The summed E-state index contributed by atoms with van der Waals surface area (Å²) in [5, 5.41) is 6.61. The predicted octanol–water partition coefficient (Wildman–Crippen LogP) is 4.37. The number of benzene rings is 2. The minimum atomic E-state index is -0.548. The number of rotatable bonds is 2. The van der Waals surface area contributed by atoms with E-state index in [-0.39, 0.29) is 11.4 Å². The van der Waals surface area contributed by atoms with Gasteiger partial charge in [-0.15, -0.1) is 0 Å². The fourth-order valence-electron chi connectivity index (χ4n) is 2.18. The molecule has 0 unspecified atom stereocenters. The van der Waals surface area contributed by atoms with Crippen LogP contribution in [-0.2, 0) is 0 Å². The molecule has 0 atom stereocenters. The first kappa shape index (κ1) is 13.8. The van der Waals surface area contributed by atoms with Crippen LogP contribution in [0.1, 0.15) is 0 Å². The molecule has 0 aliphatic carbocycles. The molecule has 3 aromatic rings. The summed E-state index contributed by atoms with van der Waals surface area (Å²) in [6.07, 6.45) is 0. The molecule has 0 aliphatic heterocycles. The highest BCUT2D eigenvalue weighted by atomic mass is 79.9. The number of nitrogen functional groups attached to an aromatic ring is 1. The topological polar surface area (TPSA) is 54.7 Å². The van der Waals surface area contributed by atoms with E-state index in [2.05, 4.69) is 26.1 Å². The third-order valence-corrected chi connectivity index (χ3v) is 3.83. The van der Waals surface area contributed by atoms with Crippen molar-refractivity contribution in [3.05, 3.63) is 58.6 Å². The van der Waals surface area contributed by atoms with E-state index >= 15 is 0 Å². The molecule has 6 heteroatoms. The van der Waals surface area contributed by atoms with Crippen LogP contribution < -0.4 is 5.73 Å². The average Bonchev–Trinajstić information content (AvgIpc) is 2.84. The van der Waals surface area contributed by atoms with Crippen LogP contribution in [-0.4, -0.2) is 10.2 Å². The van der Waals surface area contributed by atoms with Gasteiger partial charge in [0.25, 0.3) is 0 Å². The highest BCUT2D eigenvalue weighted by Crippen LogP contribution is 2.39. The molecule has 0 bridgehead atoms. The van der Waals surface area contributed by atoms with Crippen LogP contribution in [0.2, 0.25) is 0 Å². The standard InChI is InChI=1S/C15H10BrF2N3/c16-11-4-2-1-3-9(11)13-14(20-21-15(13)19)10-7-8(17)5-6-12(10)18/h1-7H,(H3,19,20,21). The van der Waals surface area contributed by atoms with Crippen LogP contribution in [0.3, 0.4) is 0 Å². The summed E-state index contributed by atoms with van der Waals surface area (Å²) in [4.78, 5) is 0. The van der Waals surface area contributed by atoms with Crippen molar-refractivity contribution in [1.29, 1.82) is 0 Å². The van der Waals surface area contributed by atoms with Crippen molar-refractivity contribution in [3.8, 4) is 22.4 Å². The van der Waals surface area contributed by atoms with Gasteiger partial charge >= 0.3 is 0 Å². The van der Waals surface area contributed by atoms with Gasteiger partial charge in [-0.05, 0) is 24.3 Å². The smallest absolute Gasteiger partial charge is 0.153 e. The lowest BCUT2D eigenvalue weighted by molar-refractivity contribution is 0.602. The van der Waals surface area contributed by atoms with Gasteiger partial charge in [0.1, 0.15) is 11.6 Å². The first-order valence-electron chi connectivity index (χ1n) is 6.12. The number of nitrogens with one attached hydrogen (secondary N) is 1. The van der Waals surface area contributed by atoms with E-state index in [0.29, 0.717) is 11.3 Å². The normalized spacial score (nSPS) is 10.8. The number of aromatic amines is 1. The fourth-order valence-corrected chi connectivity index (χ4v) is 2.66. The number of H-pyrrole nitrogens is 1. The Hall–Kier alpha value is -2.21. The number of anilines is 1. The van der Waals surface area contributed by atoms with Gasteiger partial charge in [0.05, 0.1) is 11.3 Å². The molecule has 0 amide bonds. The third-order valence-electron chi connectivity index (χ3n) is 3.14. The van der Waals surface area contributed by atoms with Crippen molar-refractivity contribution in [2.45, 2.75) is 0 Å². The first-order valence-corrected chi connectivity index (χ1v) is 6.91. The quantitative estimate of drug-likeness (QED) is 0.721. The summed E-state index contributed by atoms with van der Waals surface area (Å²) < 4.78 is 28.2. The largest absolute Gasteiger partial charge is 0.382 e. The van der Waals surface area contributed by atoms with Crippen LogP contribution >= 0.6 is 15.9 Å². The van der Waals surface area contributed by atoms with E-state index in [4.69, 9.17) is 5.73 Å². The van der Waals surface area contributed by atoms with Crippen molar-refractivity contribution in [1.82, 2.24) is 10.2 Å². The molecular weight excluding hydrogens is 340 g/mol. The van der Waals surface area contributed by atoms with E-state index in [1.54, 1.807) is 0 Å². The van der Waals surface area contributed by atoms with E-state index in [9.17, 15) is 8.78 Å². The molecule has 0 spiro atoms. The second-order valence-electron chi connectivity index (χ2n) is 4.46. The van der Waals surface area contributed by atoms with Gasteiger partial charge in [0.15, 0.2) is 5.82 Å². The van der Waals surface area contributed by atoms with Crippen LogP contribution in [0.5, 0.6) is 0 Å². The SMILES string of the molecule is Nc1n[nH]c(-c2cc(F)ccc2F)c1-c1ccccc1Br. The summed E-state index contributed by atoms with van der Waals surface area (Å²) in [6, 6.07) is 10.6. The maximum Gasteiger partial charge on any atom is 0.153 e. The van der Waals surface area contributed by atoms with Crippen LogP contribution in [0.25, 0.3) is 22.4 Å². The van der Waals surface area contributed by atoms with Crippen LogP contribution in [0.15, 0.2) is 46.9 Å². The first-order chi connectivity index (χ1) is 10.1. The molecule has 3 nitrogen and oxygen atoms in total. The summed E-state index contributed by atoms with van der Waals surface area (Å²) in [6.45, 7) is 0. The number of nitrogens with zero attached hydrogens (tertiary/aromatic N) is 1. The lowest BCUT2D eigenvalue weighted by Gasteiger charge is -2.08. The number of aromatic nitrogens is 2. The lowest BCUT2D eigenvalue weighted by atomic mass is 10.0. The molecule has 0 aliphatic rings. The molecular formula is C15H10BrF2N3. The second-order valence-corrected chi connectivity index (χ2v) is 5.32. The number of halogens is 3. The van der Waals surface area contributed by atoms with Crippen molar-refractivity contribution in [2.75, 3.05) is 5.73 Å². The van der Waals surface area contributed by atoms with Crippen molar-refractivity contribution in [2.24, 2.45) is 0 Å². The van der Waals surface area contributed by atoms with Gasteiger partial charge in [-0.1, -0.05) is 34.1 Å². The predicted molar refractivity (Wildman–Crippen MR) is 81.5 cm³/mol. The van der Waals surface area contributed by atoms with Crippen molar-refractivity contribution >= 4 is 21.7 Å². The molecule has 106 valence electrons. The molecule has 3 N–H and O–H groups in total. The zero-order valence-corrected chi connectivity index (χ0v) is 12.3. The Balaban J connectivity index is 2.27. The maximum absolute atomic E-state index is 14.0. The Labute approximate surface area is 127 Å². The van der Waals surface area contributed by atoms with E-state index < -0.39 is 11.6 Å². The molecule has 0 saturated carbocycles. The average molecular weight is 350 g/mol. The molecule has 2 aromatic carbocycles. The lowest BCUT2D eigenvalue weighted by Crippen LogP contribution is -1.92. The third kappa shape index (κ3) is 2.42. The number of hydrogen-bond acceptors (Lipinski definition) is 2. The molecule has 0 fully saturated rings. The van der Waals surface area contributed by atoms with E-state index in [0.717, 1.165) is 28.2 Å². The minimum absolute atomic E-state index is 0.0879. The van der Waals surface area contributed by atoms with Gasteiger partial charge in [0, 0.05) is 15.6 Å². The zero-order valence-electron chi connectivity index (χ0n) is 10.7. The summed E-state index contributed by atoms with van der Waals surface area (Å²) in [7, 11) is 0. The van der Waals surface area contributed by atoms with E-state index in [1.807, 2.05) is 24.3 Å². The van der Waals surface area contributed by atoms with Crippen molar-refractivity contribution < 1.29 is 8.78 Å². The molecule has 0 radical (unpaired) electrons. The van der Waals surface area contributed by atoms with Crippen molar-refractivity contribution in [3.63, 3.8) is 0 Å². The highest BCUT2D eigenvalue weighted by Gasteiger charge is 2.19. The number of nitrogens with two attached hydrogens (primary N) is 1.